The largest absolute Gasteiger partial charge is 0.336 e. The van der Waals surface area contributed by atoms with E-state index < -0.39 is 6.04 Å². The lowest BCUT2D eigenvalue weighted by Gasteiger charge is -2.37. The first kappa shape index (κ1) is 29.1. The average molecular weight is 600 g/mol. The Morgan fingerprint density at radius 3 is 2.43 bits per heavy atom. The van der Waals surface area contributed by atoms with Gasteiger partial charge in [0.1, 0.15) is 6.04 Å². The Balaban J connectivity index is 1.34. The number of hydrogen-bond donors (Lipinski definition) is 0. The van der Waals surface area contributed by atoms with Crippen molar-refractivity contribution in [3.05, 3.63) is 142 Å². The topological polar surface area (TPSA) is 79.3 Å². The van der Waals surface area contributed by atoms with Crippen molar-refractivity contribution in [2.24, 2.45) is 0 Å². The van der Waals surface area contributed by atoms with Crippen LogP contribution in [0.15, 0.2) is 109 Å². The maximum absolute atomic E-state index is 14.5. The fourth-order valence-corrected chi connectivity index (χ4v) is 6.25. The SMILES string of the molecule is Cc1ncsc1C=CC(=O)N(Cc1ccc(-c2cccnn2)cc1)C(Cc1ccccc1)C(=O)N1CCc2ccccc2C1. The van der Waals surface area contributed by atoms with Gasteiger partial charge in [0.2, 0.25) is 11.8 Å². The normalized spacial score (nSPS) is 13.4. The lowest BCUT2D eigenvalue weighted by Crippen LogP contribution is -2.52. The summed E-state index contributed by atoms with van der Waals surface area (Å²) in [6.07, 6.45) is 6.23. The lowest BCUT2D eigenvalue weighted by atomic mass is 9.97. The number of benzene rings is 3. The zero-order valence-electron chi connectivity index (χ0n) is 24.5. The van der Waals surface area contributed by atoms with Crippen molar-refractivity contribution in [2.45, 2.75) is 38.9 Å². The predicted molar refractivity (Wildman–Crippen MR) is 173 cm³/mol. The molecule has 0 saturated heterocycles. The molecule has 44 heavy (non-hydrogen) atoms. The highest BCUT2D eigenvalue weighted by Crippen LogP contribution is 2.24. The summed E-state index contributed by atoms with van der Waals surface area (Å²) in [5, 5.41) is 8.20. The van der Waals surface area contributed by atoms with Crippen LogP contribution in [0.5, 0.6) is 0 Å². The number of hydrogen-bond acceptors (Lipinski definition) is 6. The van der Waals surface area contributed by atoms with E-state index in [2.05, 4.69) is 27.3 Å². The minimum atomic E-state index is -0.693. The van der Waals surface area contributed by atoms with Gasteiger partial charge in [-0.1, -0.05) is 78.9 Å². The van der Waals surface area contributed by atoms with Gasteiger partial charge in [-0.15, -0.1) is 11.3 Å². The molecule has 3 aromatic carbocycles. The van der Waals surface area contributed by atoms with Crippen LogP contribution in [-0.4, -0.2) is 49.4 Å². The maximum atomic E-state index is 14.5. The summed E-state index contributed by atoms with van der Waals surface area (Å²) >= 11 is 1.49. The van der Waals surface area contributed by atoms with Crippen LogP contribution in [0, 0.1) is 6.92 Å². The van der Waals surface area contributed by atoms with Gasteiger partial charge in [0.25, 0.3) is 0 Å². The first-order valence-electron chi connectivity index (χ1n) is 14.7. The van der Waals surface area contributed by atoms with Gasteiger partial charge >= 0.3 is 0 Å². The number of aromatic nitrogens is 3. The first-order chi connectivity index (χ1) is 21.5. The summed E-state index contributed by atoms with van der Waals surface area (Å²) in [4.78, 5) is 37.4. The van der Waals surface area contributed by atoms with Crippen molar-refractivity contribution < 1.29 is 9.59 Å². The molecule has 2 amide bonds. The number of nitrogens with zero attached hydrogens (tertiary/aromatic N) is 5. The van der Waals surface area contributed by atoms with E-state index in [9.17, 15) is 9.59 Å². The van der Waals surface area contributed by atoms with Crippen LogP contribution in [0.4, 0.5) is 0 Å². The molecule has 7 nitrogen and oxygen atoms in total. The zero-order valence-corrected chi connectivity index (χ0v) is 25.4. The van der Waals surface area contributed by atoms with Crippen molar-refractivity contribution in [1.82, 2.24) is 25.0 Å². The highest BCUT2D eigenvalue weighted by atomic mass is 32.1. The summed E-state index contributed by atoms with van der Waals surface area (Å²) in [5.41, 5.74) is 8.70. The molecule has 1 aliphatic rings. The standard InChI is InChI=1S/C36H33N5O2S/c1-26-34(44-25-37-26)17-18-35(42)41(23-28-13-15-30(16-14-28)32-12-7-20-38-39-32)33(22-27-8-3-2-4-9-27)36(43)40-21-19-29-10-5-6-11-31(29)24-40/h2-18,20,25,33H,19,21-24H2,1H3. The van der Waals surface area contributed by atoms with Gasteiger partial charge in [-0.25, -0.2) is 4.98 Å². The first-order valence-corrected chi connectivity index (χ1v) is 15.6. The van der Waals surface area contributed by atoms with E-state index in [4.69, 9.17) is 0 Å². The molecule has 2 aromatic heterocycles. The van der Waals surface area contributed by atoms with E-state index in [0.29, 0.717) is 19.5 Å². The van der Waals surface area contributed by atoms with Crippen LogP contribution < -0.4 is 0 Å². The number of aryl methyl sites for hydroxylation is 1. The van der Waals surface area contributed by atoms with Gasteiger partial charge in [-0.2, -0.15) is 10.2 Å². The van der Waals surface area contributed by atoms with E-state index >= 15 is 0 Å². The fourth-order valence-electron chi connectivity index (χ4n) is 5.55. The Hall–Kier alpha value is -4.95. The fraction of sp³-hybridized carbons (Fsp3) is 0.194. The van der Waals surface area contributed by atoms with E-state index in [-0.39, 0.29) is 18.4 Å². The van der Waals surface area contributed by atoms with Gasteiger partial charge in [-0.05, 0) is 53.8 Å². The zero-order chi connectivity index (χ0) is 30.3. The van der Waals surface area contributed by atoms with E-state index in [1.54, 1.807) is 28.8 Å². The molecule has 1 aliphatic heterocycles. The monoisotopic (exact) mass is 599 g/mol. The van der Waals surface area contributed by atoms with Gasteiger partial charge in [-0.3, -0.25) is 9.59 Å². The maximum Gasteiger partial charge on any atom is 0.247 e. The molecule has 220 valence electrons. The number of fused-ring (bicyclic) bond motifs is 1. The molecule has 0 N–H and O–H groups in total. The Morgan fingerprint density at radius 1 is 0.932 bits per heavy atom. The number of amides is 2. The Kier molecular flexibility index (Phi) is 8.98. The molecule has 0 spiro atoms. The minimum Gasteiger partial charge on any atom is -0.336 e. The van der Waals surface area contributed by atoms with Crippen molar-refractivity contribution in [3.63, 3.8) is 0 Å². The third kappa shape index (κ3) is 6.82. The van der Waals surface area contributed by atoms with Crippen molar-refractivity contribution in [1.29, 1.82) is 0 Å². The quantitative estimate of drug-likeness (QED) is 0.190. The van der Waals surface area contributed by atoms with Crippen LogP contribution in [0.25, 0.3) is 17.3 Å². The molecule has 0 fully saturated rings. The van der Waals surface area contributed by atoms with Crippen LogP contribution in [0.2, 0.25) is 0 Å². The number of thiazole rings is 1. The molecule has 6 rings (SSSR count). The summed E-state index contributed by atoms with van der Waals surface area (Å²) in [7, 11) is 0. The third-order valence-electron chi connectivity index (χ3n) is 7.99. The van der Waals surface area contributed by atoms with Crippen molar-refractivity contribution in [3.8, 4) is 11.3 Å². The minimum absolute atomic E-state index is 0.0461. The van der Waals surface area contributed by atoms with Crippen LogP contribution >= 0.6 is 11.3 Å². The summed E-state index contributed by atoms with van der Waals surface area (Å²) in [6.45, 7) is 3.35. The van der Waals surface area contributed by atoms with Crippen LogP contribution in [0.3, 0.4) is 0 Å². The molecule has 1 unspecified atom stereocenters. The second-order valence-electron chi connectivity index (χ2n) is 10.9. The highest BCUT2D eigenvalue weighted by Gasteiger charge is 2.34. The van der Waals surface area contributed by atoms with Gasteiger partial charge < -0.3 is 9.80 Å². The Bertz CT molecular complexity index is 1750. The van der Waals surface area contributed by atoms with Crippen molar-refractivity contribution in [2.75, 3.05) is 6.54 Å². The third-order valence-corrected chi connectivity index (χ3v) is 8.89. The van der Waals surface area contributed by atoms with E-state index in [0.717, 1.165) is 44.9 Å². The second kappa shape index (κ2) is 13.6. The summed E-state index contributed by atoms with van der Waals surface area (Å²) in [6, 6.07) is 29.2. The lowest BCUT2D eigenvalue weighted by molar-refractivity contribution is -0.144. The molecule has 5 aromatic rings. The van der Waals surface area contributed by atoms with Crippen LogP contribution in [-0.2, 0) is 35.5 Å². The molecular formula is C36H33N5O2S. The molecule has 0 saturated carbocycles. The molecule has 1 atom stereocenters. The Morgan fingerprint density at radius 2 is 1.70 bits per heavy atom. The molecule has 0 bridgehead atoms. The van der Waals surface area contributed by atoms with Gasteiger partial charge in [0, 0.05) is 48.8 Å². The van der Waals surface area contributed by atoms with Crippen LogP contribution in [0.1, 0.15) is 32.8 Å². The molecule has 0 aliphatic carbocycles. The second-order valence-corrected chi connectivity index (χ2v) is 11.8. The number of carbonyl (C=O) groups excluding carboxylic acids is 2. The van der Waals surface area contributed by atoms with E-state index in [1.165, 1.54) is 16.9 Å². The molecule has 8 heteroatoms. The summed E-state index contributed by atoms with van der Waals surface area (Å²) < 4.78 is 0. The van der Waals surface area contributed by atoms with Gasteiger partial charge in [0.05, 0.1) is 16.9 Å². The summed E-state index contributed by atoms with van der Waals surface area (Å²) in [5.74, 6) is -0.266. The number of carbonyl (C=O) groups is 2. The molecule has 0 radical (unpaired) electrons. The molecular weight excluding hydrogens is 566 g/mol. The smallest absolute Gasteiger partial charge is 0.247 e. The van der Waals surface area contributed by atoms with E-state index in [1.807, 2.05) is 90.7 Å². The number of rotatable bonds is 9. The Labute approximate surface area is 261 Å². The van der Waals surface area contributed by atoms with Crippen molar-refractivity contribution >= 4 is 29.2 Å². The predicted octanol–water partition coefficient (Wildman–Crippen LogP) is 6.15. The highest BCUT2D eigenvalue weighted by molar-refractivity contribution is 7.10. The van der Waals surface area contributed by atoms with Gasteiger partial charge in [0.15, 0.2) is 0 Å². The average Bonchev–Trinajstić information content (AvgIpc) is 3.50. The molecule has 3 heterocycles.